The van der Waals surface area contributed by atoms with Crippen molar-refractivity contribution in [3.63, 3.8) is 0 Å². The third kappa shape index (κ3) is 3.04. The summed E-state index contributed by atoms with van der Waals surface area (Å²) >= 11 is 0. The molecule has 7 heteroatoms. The molecular formula is C20H22O7. The Morgan fingerprint density at radius 3 is 2.11 bits per heavy atom. The molecule has 1 heterocycles. The maximum Gasteiger partial charge on any atom is 0.279 e. The summed E-state index contributed by atoms with van der Waals surface area (Å²) in [7, 11) is 7.57. The van der Waals surface area contributed by atoms with Gasteiger partial charge in [-0.1, -0.05) is 6.07 Å². The standard InChI is InChI=1S/C20H22O7/c1-22-14-8-6-12(10-16(14)24-3)11-20(26-5)19(21)13-7-9-15(23-2)18(25-4)17(13)27-20/h6-10H,11H2,1-5H3/t20-/m0/s1. The van der Waals surface area contributed by atoms with Crippen molar-refractivity contribution in [3.05, 3.63) is 41.5 Å². The van der Waals surface area contributed by atoms with E-state index in [-0.39, 0.29) is 12.2 Å². The van der Waals surface area contributed by atoms with E-state index in [0.717, 1.165) is 5.56 Å². The molecule has 0 spiro atoms. The molecule has 2 aromatic carbocycles. The van der Waals surface area contributed by atoms with E-state index >= 15 is 0 Å². The molecule has 1 aliphatic heterocycles. The maximum atomic E-state index is 13.1. The summed E-state index contributed by atoms with van der Waals surface area (Å²) in [5, 5.41) is 0. The van der Waals surface area contributed by atoms with Crippen molar-refractivity contribution in [1.29, 1.82) is 0 Å². The van der Waals surface area contributed by atoms with Crippen LogP contribution in [0.5, 0.6) is 28.7 Å². The van der Waals surface area contributed by atoms with E-state index in [0.29, 0.717) is 34.3 Å². The van der Waals surface area contributed by atoms with Gasteiger partial charge in [0.2, 0.25) is 11.5 Å². The molecule has 0 fully saturated rings. The predicted molar refractivity (Wildman–Crippen MR) is 97.5 cm³/mol. The van der Waals surface area contributed by atoms with Gasteiger partial charge in [0.1, 0.15) is 0 Å². The molecule has 144 valence electrons. The molecule has 0 aliphatic carbocycles. The number of hydrogen-bond donors (Lipinski definition) is 0. The maximum absolute atomic E-state index is 13.1. The lowest BCUT2D eigenvalue weighted by Crippen LogP contribution is -2.44. The Hall–Kier alpha value is -2.93. The average molecular weight is 374 g/mol. The minimum absolute atomic E-state index is 0.183. The molecule has 7 nitrogen and oxygen atoms in total. The van der Waals surface area contributed by atoms with Gasteiger partial charge in [0.05, 0.1) is 34.0 Å². The minimum atomic E-state index is -1.50. The molecule has 0 unspecified atom stereocenters. The molecule has 27 heavy (non-hydrogen) atoms. The van der Waals surface area contributed by atoms with Crippen molar-refractivity contribution in [2.45, 2.75) is 12.2 Å². The SMILES string of the molecule is COc1ccc(C[C@]2(OC)Oc3c(ccc(OC)c3OC)C2=O)cc1OC. The van der Waals surface area contributed by atoms with Crippen LogP contribution in [0.4, 0.5) is 0 Å². The van der Waals surface area contributed by atoms with Crippen LogP contribution < -0.4 is 23.7 Å². The third-order valence-corrected chi connectivity index (χ3v) is 4.57. The molecule has 1 aliphatic rings. The van der Waals surface area contributed by atoms with Crippen molar-refractivity contribution < 1.29 is 33.2 Å². The number of carbonyl (C=O) groups is 1. The lowest BCUT2D eigenvalue weighted by molar-refractivity contribution is -0.117. The Bertz CT molecular complexity index is 862. The highest BCUT2D eigenvalue weighted by atomic mass is 16.7. The number of hydrogen-bond acceptors (Lipinski definition) is 7. The quantitative estimate of drug-likeness (QED) is 0.738. The monoisotopic (exact) mass is 374 g/mol. The summed E-state index contributed by atoms with van der Waals surface area (Å²) in [6.07, 6.45) is 0.183. The van der Waals surface area contributed by atoms with E-state index in [9.17, 15) is 4.79 Å². The third-order valence-electron chi connectivity index (χ3n) is 4.57. The molecule has 0 amide bonds. The van der Waals surface area contributed by atoms with Gasteiger partial charge >= 0.3 is 0 Å². The van der Waals surface area contributed by atoms with Crippen LogP contribution in [0.1, 0.15) is 15.9 Å². The average Bonchev–Trinajstić information content (AvgIpc) is 2.99. The van der Waals surface area contributed by atoms with Crippen molar-refractivity contribution >= 4 is 5.78 Å². The first-order valence-corrected chi connectivity index (χ1v) is 8.28. The van der Waals surface area contributed by atoms with Gasteiger partial charge in [-0.05, 0) is 29.8 Å². The fraction of sp³-hybridized carbons (Fsp3) is 0.350. The lowest BCUT2D eigenvalue weighted by Gasteiger charge is -2.26. The van der Waals surface area contributed by atoms with Crippen LogP contribution in [0.25, 0.3) is 0 Å². The molecular weight excluding hydrogens is 352 g/mol. The van der Waals surface area contributed by atoms with E-state index in [1.165, 1.54) is 21.3 Å². The lowest BCUT2D eigenvalue weighted by atomic mass is 9.98. The highest BCUT2D eigenvalue weighted by Crippen LogP contribution is 2.48. The van der Waals surface area contributed by atoms with Gasteiger partial charge in [-0.2, -0.15) is 0 Å². The zero-order valence-electron chi connectivity index (χ0n) is 16.0. The Morgan fingerprint density at radius 1 is 0.852 bits per heavy atom. The first kappa shape index (κ1) is 18.8. The molecule has 0 bridgehead atoms. The smallest absolute Gasteiger partial charge is 0.279 e. The molecule has 0 saturated heterocycles. The van der Waals surface area contributed by atoms with Crippen LogP contribution in [0.3, 0.4) is 0 Å². The Kier molecular flexibility index (Phi) is 5.14. The summed E-state index contributed by atoms with van der Waals surface area (Å²) in [4.78, 5) is 13.1. The number of Topliss-reactive ketones (excluding diaryl/α,β-unsaturated/α-hetero) is 1. The number of rotatable bonds is 7. The summed E-state index contributed by atoms with van der Waals surface area (Å²) < 4.78 is 32.8. The second-order valence-corrected chi connectivity index (χ2v) is 5.93. The number of fused-ring (bicyclic) bond motifs is 1. The summed E-state index contributed by atoms with van der Waals surface area (Å²) in [6, 6.07) is 8.71. The van der Waals surface area contributed by atoms with Crippen LogP contribution >= 0.6 is 0 Å². The van der Waals surface area contributed by atoms with E-state index < -0.39 is 5.79 Å². The molecule has 0 N–H and O–H groups in total. The number of ketones is 1. The minimum Gasteiger partial charge on any atom is -0.493 e. The van der Waals surface area contributed by atoms with Gasteiger partial charge < -0.3 is 28.4 Å². The van der Waals surface area contributed by atoms with Crippen molar-refractivity contribution in [2.75, 3.05) is 35.5 Å². The summed E-state index contributed by atoms with van der Waals surface area (Å²) in [6.45, 7) is 0. The van der Waals surface area contributed by atoms with E-state index in [2.05, 4.69) is 0 Å². The Labute approximate surface area is 157 Å². The molecule has 1 atom stereocenters. The Balaban J connectivity index is 2.00. The molecule has 3 rings (SSSR count). The van der Waals surface area contributed by atoms with Gasteiger partial charge in [-0.25, -0.2) is 0 Å². The van der Waals surface area contributed by atoms with E-state index in [1.807, 2.05) is 6.07 Å². The van der Waals surface area contributed by atoms with Gasteiger partial charge in [0.25, 0.3) is 5.79 Å². The fourth-order valence-corrected chi connectivity index (χ4v) is 3.18. The van der Waals surface area contributed by atoms with Crippen LogP contribution in [-0.4, -0.2) is 47.1 Å². The highest BCUT2D eigenvalue weighted by Gasteiger charge is 2.50. The predicted octanol–water partition coefficient (Wildman–Crippen LogP) is 2.88. The topological polar surface area (TPSA) is 72.5 Å². The fourth-order valence-electron chi connectivity index (χ4n) is 3.18. The van der Waals surface area contributed by atoms with E-state index in [1.54, 1.807) is 38.5 Å². The van der Waals surface area contributed by atoms with Crippen molar-refractivity contribution in [2.24, 2.45) is 0 Å². The summed E-state index contributed by atoms with van der Waals surface area (Å²) in [5.74, 6) is 0.516. The zero-order valence-corrected chi connectivity index (χ0v) is 16.0. The number of ether oxygens (including phenoxy) is 6. The second-order valence-electron chi connectivity index (χ2n) is 5.93. The number of carbonyl (C=O) groups excluding carboxylic acids is 1. The summed E-state index contributed by atoms with van der Waals surface area (Å²) in [5.41, 5.74) is 1.18. The molecule has 0 aromatic heterocycles. The van der Waals surface area contributed by atoms with Gasteiger partial charge in [0, 0.05) is 13.5 Å². The molecule has 0 radical (unpaired) electrons. The van der Waals surface area contributed by atoms with E-state index in [4.69, 9.17) is 28.4 Å². The highest BCUT2D eigenvalue weighted by molar-refractivity contribution is 6.07. The number of benzene rings is 2. The second kappa shape index (κ2) is 7.36. The van der Waals surface area contributed by atoms with Gasteiger partial charge in [0.15, 0.2) is 23.0 Å². The first-order valence-electron chi connectivity index (χ1n) is 8.28. The van der Waals surface area contributed by atoms with Crippen molar-refractivity contribution in [1.82, 2.24) is 0 Å². The van der Waals surface area contributed by atoms with Crippen LogP contribution in [0.2, 0.25) is 0 Å². The van der Waals surface area contributed by atoms with Crippen LogP contribution in [-0.2, 0) is 11.2 Å². The first-order chi connectivity index (χ1) is 13.0. The van der Waals surface area contributed by atoms with Gasteiger partial charge in [-0.15, -0.1) is 0 Å². The molecule has 2 aromatic rings. The van der Waals surface area contributed by atoms with Crippen molar-refractivity contribution in [3.8, 4) is 28.7 Å². The van der Waals surface area contributed by atoms with Gasteiger partial charge in [-0.3, -0.25) is 4.79 Å². The molecule has 0 saturated carbocycles. The largest absolute Gasteiger partial charge is 0.493 e. The van der Waals surface area contributed by atoms with Crippen LogP contribution in [0, 0.1) is 0 Å². The normalized spacial score (nSPS) is 17.9. The zero-order chi connectivity index (χ0) is 19.6. The van der Waals surface area contributed by atoms with Crippen LogP contribution in [0.15, 0.2) is 30.3 Å². The Morgan fingerprint density at radius 2 is 1.52 bits per heavy atom. The number of methoxy groups -OCH3 is 5.